The first-order valence-electron chi connectivity index (χ1n) is 9.86. The van der Waals surface area contributed by atoms with Crippen molar-refractivity contribution >= 4 is 11.8 Å². The molecule has 1 spiro atoms. The molecule has 0 bridgehead atoms. The Morgan fingerprint density at radius 2 is 1.89 bits per heavy atom. The zero-order valence-corrected chi connectivity index (χ0v) is 16.5. The van der Waals surface area contributed by atoms with E-state index >= 15 is 0 Å². The van der Waals surface area contributed by atoms with Crippen LogP contribution in [0.25, 0.3) is 0 Å². The van der Waals surface area contributed by atoms with Crippen LogP contribution >= 0.6 is 0 Å². The molecule has 1 aromatic heterocycles. The Kier molecular flexibility index (Phi) is 4.87. The van der Waals surface area contributed by atoms with E-state index in [2.05, 4.69) is 34.5 Å². The first kappa shape index (κ1) is 18.6. The van der Waals surface area contributed by atoms with Gasteiger partial charge < -0.3 is 9.80 Å². The summed E-state index contributed by atoms with van der Waals surface area (Å²) in [5.41, 5.74) is 3.36. The fourth-order valence-electron chi connectivity index (χ4n) is 4.81. The zero-order valence-electron chi connectivity index (χ0n) is 16.5. The summed E-state index contributed by atoms with van der Waals surface area (Å²) < 4.78 is 0. The van der Waals surface area contributed by atoms with Crippen LogP contribution in [0.5, 0.6) is 0 Å². The van der Waals surface area contributed by atoms with E-state index in [0.29, 0.717) is 12.0 Å². The van der Waals surface area contributed by atoms with E-state index in [1.54, 1.807) is 17.2 Å². The minimum absolute atomic E-state index is 0.0235. The molecule has 0 saturated carbocycles. The fraction of sp³-hybridized carbons (Fsp3) is 0.455. The van der Waals surface area contributed by atoms with E-state index in [1.165, 1.54) is 17.3 Å². The van der Waals surface area contributed by atoms with E-state index < -0.39 is 0 Å². The van der Waals surface area contributed by atoms with Crippen molar-refractivity contribution in [3.05, 3.63) is 59.4 Å². The number of aromatic nitrogens is 2. The monoisotopic (exact) mass is 378 g/mol. The molecule has 4 rings (SSSR count). The maximum absolute atomic E-state index is 12.7. The van der Waals surface area contributed by atoms with Crippen molar-refractivity contribution < 1.29 is 9.59 Å². The maximum Gasteiger partial charge on any atom is 0.255 e. The summed E-state index contributed by atoms with van der Waals surface area (Å²) >= 11 is 0. The van der Waals surface area contributed by atoms with Gasteiger partial charge in [-0.05, 0) is 47.8 Å². The van der Waals surface area contributed by atoms with Crippen LogP contribution in [0.1, 0.15) is 53.1 Å². The highest BCUT2D eigenvalue weighted by Gasteiger charge is 2.46. The van der Waals surface area contributed by atoms with Crippen molar-refractivity contribution in [2.75, 3.05) is 27.2 Å². The topological polar surface area (TPSA) is 66.4 Å². The van der Waals surface area contributed by atoms with Crippen LogP contribution in [0.15, 0.2) is 42.7 Å². The van der Waals surface area contributed by atoms with Crippen molar-refractivity contribution in [1.29, 1.82) is 0 Å². The van der Waals surface area contributed by atoms with Gasteiger partial charge in [-0.1, -0.05) is 24.3 Å². The number of fused-ring (bicyclic) bond motifs is 2. The van der Waals surface area contributed by atoms with Crippen molar-refractivity contribution in [3.63, 3.8) is 0 Å². The molecule has 6 heteroatoms. The summed E-state index contributed by atoms with van der Waals surface area (Å²) in [4.78, 5) is 28.7. The van der Waals surface area contributed by atoms with E-state index in [-0.39, 0.29) is 23.1 Å². The van der Waals surface area contributed by atoms with Gasteiger partial charge in [0, 0.05) is 33.6 Å². The molecule has 0 unspecified atom stereocenters. The summed E-state index contributed by atoms with van der Waals surface area (Å²) in [6.45, 7) is 1.45. The quantitative estimate of drug-likeness (QED) is 0.823. The van der Waals surface area contributed by atoms with Gasteiger partial charge in [-0.2, -0.15) is 10.2 Å². The number of piperidine rings is 1. The molecule has 2 heterocycles. The number of benzene rings is 1. The molecule has 1 fully saturated rings. The number of nitrogens with zero attached hydrogens (tertiary/aromatic N) is 4. The molecule has 1 aliphatic carbocycles. The smallest absolute Gasteiger partial charge is 0.255 e. The van der Waals surface area contributed by atoms with Gasteiger partial charge in [0.1, 0.15) is 0 Å². The Balaban J connectivity index is 1.52. The van der Waals surface area contributed by atoms with Gasteiger partial charge in [0.2, 0.25) is 5.91 Å². The van der Waals surface area contributed by atoms with Gasteiger partial charge in [-0.3, -0.25) is 9.59 Å². The molecule has 2 aliphatic rings. The summed E-state index contributed by atoms with van der Waals surface area (Å²) in [7, 11) is 3.63. The Hall–Kier alpha value is -2.76. The molecule has 146 valence electrons. The van der Waals surface area contributed by atoms with Crippen LogP contribution in [0.2, 0.25) is 0 Å². The summed E-state index contributed by atoms with van der Waals surface area (Å²) in [5.74, 6) is 0.461. The maximum atomic E-state index is 12.7. The molecular weight excluding hydrogens is 352 g/mol. The molecule has 1 atom stereocenters. The lowest BCUT2D eigenvalue weighted by Gasteiger charge is -2.40. The number of carbonyl (C=O) groups is 2. The van der Waals surface area contributed by atoms with Crippen LogP contribution in [0.3, 0.4) is 0 Å². The molecule has 1 saturated heterocycles. The number of hydrogen-bond acceptors (Lipinski definition) is 4. The molecule has 6 nitrogen and oxygen atoms in total. The lowest BCUT2D eigenvalue weighted by Crippen LogP contribution is -2.44. The molecule has 1 aromatic carbocycles. The zero-order chi connectivity index (χ0) is 19.7. The lowest BCUT2D eigenvalue weighted by molar-refractivity contribution is -0.129. The minimum atomic E-state index is 0.0235. The first-order chi connectivity index (χ1) is 13.5. The lowest BCUT2D eigenvalue weighted by atomic mass is 9.73. The molecule has 2 amide bonds. The number of amides is 2. The summed E-state index contributed by atoms with van der Waals surface area (Å²) in [6.07, 6.45) is 6.49. The fourth-order valence-corrected chi connectivity index (χ4v) is 4.81. The SMILES string of the molecule is CN(C)C(=O)C[C@H]1CC2(CCN(C(=O)c3ccnnc3)CC2)c2ccccc21. The van der Waals surface area contributed by atoms with Crippen LogP contribution in [0, 0.1) is 0 Å². The van der Waals surface area contributed by atoms with E-state index in [9.17, 15) is 9.59 Å². The number of hydrogen-bond donors (Lipinski definition) is 0. The number of likely N-dealkylation sites (tertiary alicyclic amines) is 1. The molecule has 28 heavy (non-hydrogen) atoms. The van der Waals surface area contributed by atoms with Gasteiger partial charge in [0.25, 0.3) is 5.91 Å². The minimum Gasteiger partial charge on any atom is -0.349 e. The average molecular weight is 378 g/mol. The number of rotatable bonds is 3. The largest absolute Gasteiger partial charge is 0.349 e. The second-order valence-corrected chi connectivity index (χ2v) is 8.18. The first-order valence-corrected chi connectivity index (χ1v) is 9.86. The van der Waals surface area contributed by atoms with Crippen molar-refractivity contribution in [2.24, 2.45) is 0 Å². The third-order valence-corrected chi connectivity index (χ3v) is 6.37. The van der Waals surface area contributed by atoms with Crippen LogP contribution in [-0.2, 0) is 10.2 Å². The second kappa shape index (κ2) is 7.34. The Morgan fingerprint density at radius 3 is 2.57 bits per heavy atom. The normalized spacial score (nSPS) is 20.1. The Bertz CT molecular complexity index is 873. The predicted molar refractivity (Wildman–Crippen MR) is 106 cm³/mol. The highest BCUT2D eigenvalue weighted by molar-refractivity contribution is 5.93. The Labute approximate surface area is 165 Å². The van der Waals surface area contributed by atoms with Crippen LogP contribution in [0.4, 0.5) is 0 Å². The van der Waals surface area contributed by atoms with Crippen molar-refractivity contribution in [3.8, 4) is 0 Å². The molecular formula is C22H26N4O2. The average Bonchev–Trinajstić information content (AvgIpc) is 3.02. The highest BCUT2D eigenvalue weighted by atomic mass is 16.2. The predicted octanol–water partition coefficient (Wildman–Crippen LogP) is 2.62. The van der Waals surface area contributed by atoms with Crippen molar-refractivity contribution in [2.45, 2.75) is 37.0 Å². The highest BCUT2D eigenvalue weighted by Crippen LogP contribution is 2.52. The molecule has 1 aliphatic heterocycles. The van der Waals surface area contributed by atoms with Gasteiger partial charge in [0.05, 0.1) is 18.0 Å². The van der Waals surface area contributed by atoms with Gasteiger partial charge in [-0.25, -0.2) is 0 Å². The van der Waals surface area contributed by atoms with Crippen LogP contribution in [-0.4, -0.2) is 59.0 Å². The molecule has 0 N–H and O–H groups in total. The summed E-state index contributed by atoms with van der Waals surface area (Å²) in [5, 5.41) is 7.57. The third kappa shape index (κ3) is 3.28. The van der Waals surface area contributed by atoms with E-state index in [4.69, 9.17) is 0 Å². The van der Waals surface area contributed by atoms with Crippen molar-refractivity contribution in [1.82, 2.24) is 20.0 Å². The molecule has 0 radical (unpaired) electrons. The summed E-state index contributed by atoms with van der Waals surface area (Å²) in [6, 6.07) is 10.3. The van der Waals surface area contributed by atoms with Crippen LogP contribution < -0.4 is 0 Å². The Morgan fingerprint density at radius 1 is 1.14 bits per heavy atom. The molecule has 2 aromatic rings. The van der Waals surface area contributed by atoms with Gasteiger partial charge >= 0.3 is 0 Å². The van der Waals surface area contributed by atoms with E-state index in [1.807, 2.05) is 19.0 Å². The number of carbonyl (C=O) groups excluding carboxylic acids is 2. The second-order valence-electron chi connectivity index (χ2n) is 8.18. The van der Waals surface area contributed by atoms with Gasteiger partial charge in [-0.15, -0.1) is 0 Å². The standard InChI is InChI=1S/C22H26N4O2/c1-25(2)20(27)13-17-14-22(19-6-4-3-5-18(17)19)8-11-26(12-9-22)21(28)16-7-10-23-24-15-16/h3-7,10,15,17H,8-9,11-14H2,1-2H3/t17-/m0/s1. The third-order valence-electron chi connectivity index (χ3n) is 6.37. The van der Waals surface area contributed by atoms with Gasteiger partial charge in [0.15, 0.2) is 0 Å². The van der Waals surface area contributed by atoms with E-state index in [0.717, 1.165) is 32.4 Å².